The summed E-state index contributed by atoms with van der Waals surface area (Å²) in [6.07, 6.45) is 2.67. The van der Waals surface area contributed by atoms with Crippen LogP contribution in [0.2, 0.25) is 0 Å². The molecule has 0 saturated carbocycles. The van der Waals surface area contributed by atoms with Gasteiger partial charge in [0.1, 0.15) is 11.6 Å². The van der Waals surface area contributed by atoms with E-state index in [1.807, 2.05) is 6.07 Å². The van der Waals surface area contributed by atoms with E-state index in [-0.39, 0.29) is 23.4 Å². The molecule has 0 aromatic carbocycles. The van der Waals surface area contributed by atoms with Crippen molar-refractivity contribution in [2.75, 3.05) is 45.9 Å². The standard InChI is InChI=1S/C18H30N4O3/c1-4-21(5-2)12-9-20-14-16(13-19)17(23)22-10-7-15(8-11-22)18(24)25-6-3/h14-15,20H,4-12H2,1-3H3/b16-14-. The number of rotatable bonds is 9. The first-order chi connectivity index (χ1) is 12.1. The molecule has 0 aliphatic carbocycles. The number of esters is 1. The molecule has 0 radical (unpaired) electrons. The number of carbonyl (C=O) groups is 2. The van der Waals surface area contributed by atoms with E-state index in [4.69, 9.17) is 4.74 Å². The Bertz CT molecular complexity index is 501. The van der Waals surface area contributed by atoms with Crippen molar-refractivity contribution in [2.24, 2.45) is 5.92 Å². The molecule has 140 valence electrons. The molecule has 0 unspecified atom stereocenters. The van der Waals surface area contributed by atoms with Gasteiger partial charge in [-0.15, -0.1) is 0 Å². The highest BCUT2D eigenvalue weighted by Gasteiger charge is 2.29. The van der Waals surface area contributed by atoms with Gasteiger partial charge >= 0.3 is 5.97 Å². The summed E-state index contributed by atoms with van der Waals surface area (Å²) in [5.74, 6) is -0.616. The topological polar surface area (TPSA) is 85.7 Å². The zero-order valence-corrected chi connectivity index (χ0v) is 15.6. The molecule has 1 heterocycles. The summed E-state index contributed by atoms with van der Waals surface area (Å²) in [7, 11) is 0. The van der Waals surface area contributed by atoms with Gasteiger partial charge in [0.05, 0.1) is 12.5 Å². The second-order valence-electron chi connectivity index (χ2n) is 5.97. The summed E-state index contributed by atoms with van der Waals surface area (Å²) in [4.78, 5) is 28.1. The Morgan fingerprint density at radius 3 is 2.44 bits per heavy atom. The molecule has 1 saturated heterocycles. The second kappa shape index (κ2) is 11.5. The molecule has 7 nitrogen and oxygen atoms in total. The van der Waals surface area contributed by atoms with Gasteiger partial charge in [0.15, 0.2) is 0 Å². The molecule has 1 aliphatic rings. The van der Waals surface area contributed by atoms with Crippen LogP contribution in [0.1, 0.15) is 33.6 Å². The van der Waals surface area contributed by atoms with Crippen molar-refractivity contribution in [2.45, 2.75) is 33.6 Å². The minimum atomic E-state index is -0.278. The predicted octanol–water partition coefficient (Wildman–Crippen LogP) is 1.13. The van der Waals surface area contributed by atoms with E-state index in [0.29, 0.717) is 39.1 Å². The fourth-order valence-corrected chi connectivity index (χ4v) is 2.83. The third-order valence-electron chi connectivity index (χ3n) is 4.47. The molecular formula is C18H30N4O3. The molecule has 1 rings (SSSR count). The lowest BCUT2D eigenvalue weighted by atomic mass is 9.96. The molecule has 1 N–H and O–H groups in total. The van der Waals surface area contributed by atoms with Crippen molar-refractivity contribution >= 4 is 11.9 Å². The fraction of sp³-hybridized carbons (Fsp3) is 0.722. The van der Waals surface area contributed by atoms with Crippen molar-refractivity contribution in [3.05, 3.63) is 11.8 Å². The molecule has 0 spiro atoms. The normalized spacial score (nSPS) is 15.8. The van der Waals surface area contributed by atoms with Crippen LogP contribution in [0, 0.1) is 17.2 Å². The van der Waals surface area contributed by atoms with E-state index >= 15 is 0 Å². The van der Waals surface area contributed by atoms with Gasteiger partial charge in [-0.3, -0.25) is 9.59 Å². The SMILES string of the molecule is CCOC(=O)C1CCN(C(=O)/C(C#N)=C\NCCN(CC)CC)CC1. The maximum Gasteiger partial charge on any atom is 0.309 e. The van der Waals surface area contributed by atoms with Crippen LogP contribution < -0.4 is 5.32 Å². The average molecular weight is 350 g/mol. The summed E-state index contributed by atoms with van der Waals surface area (Å²) >= 11 is 0. The number of nitriles is 1. The van der Waals surface area contributed by atoms with Gasteiger partial charge in [-0.2, -0.15) is 5.26 Å². The Hall–Kier alpha value is -2.07. The predicted molar refractivity (Wildman–Crippen MR) is 95.4 cm³/mol. The summed E-state index contributed by atoms with van der Waals surface area (Å²) in [6, 6.07) is 1.97. The number of hydrogen-bond donors (Lipinski definition) is 1. The summed E-state index contributed by atoms with van der Waals surface area (Å²) in [6.45, 7) is 10.8. The van der Waals surface area contributed by atoms with Crippen molar-refractivity contribution < 1.29 is 14.3 Å². The van der Waals surface area contributed by atoms with Crippen LogP contribution in [0.5, 0.6) is 0 Å². The highest BCUT2D eigenvalue weighted by atomic mass is 16.5. The first-order valence-electron chi connectivity index (χ1n) is 9.09. The molecule has 1 amide bonds. The Morgan fingerprint density at radius 2 is 1.92 bits per heavy atom. The van der Waals surface area contributed by atoms with Crippen molar-refractivity contribution in [1.29, 1.82) is 5.26 Å². The van der Waals surface area contributed by atoms with E-state index in [2.05, 4.69) is 24.1 Å². The summed E-state index contributed by atoms with van der Waals surface area (Å²) < 4.78 is 5.03. The van der Waals surface area contributed by atoms with E-state index in [1.165, 1.54) is 6.20 Å². The van der Waals surface area contributed by atoms with Gasteiger partial charge < -0.3 is 19.9 Å². The zero-order valence-electron chi connectivity index (χ0n) is 15.6. The number of likely N-dealkylation sites (tertiary alicyclic amines) is 1. The lowest BCUT2D eigenvalue weighted by molar-refractivity contribution is -0.150. The molecular weight excluding hydrogens is 320 g/mol. The van der Waals surface area contributed by atoms with E-state index < -0.39 is 0 Å². The van der Waals surface area contributed by atoms with Crippen LogP contribution in [-0.4, -0.2) is 67.6 Å². The molecule has 0 aromatic heterocycles. The number of carbonyl (C=O) groups excluding carboxylic acids is 2. The number of nitrogens with zero attached hydrogens (tertiary/aromatic N) is 3. The molecule has 25 heavy (non-hydrogen) atoms. The van der Waals surface area contributed by atoms with Gasteiger partial charge in [0.25, 0.3) is 5.91 Å². The molecule has 0 aromatic rings. The molecule has 1 aliphatic heterocycles. The molecule has 7 heteroatoms. The van der Waals surface area contributed by atoms with Crippen molar-refractivity contribution in [3.8, 4) is 6.07 Å². The van der Waals surface area contributed by atoms with Crippen LogP contribution in [-0.2, 0) is 14.3 Å². The van der Waals surface area contributed by atoms with Crippen molar-refractivity contribution in [3.63, 3.8) is 0 Å². The summed E-state index contributed by atoms with van der Waals surface area (Å²) in [5, 5.41) is 12.3. The Labute approximate surface area is 150 Å². The van der Waals surface area contributed by atoms with E-state index in [0.717, 1.165) is 19.6 Å². The average Bonchev–Trinajstić information content (AvgIpc) is 2.65. The van der Waals surface area contributed by atoms with Gasteiger partial charge in [-0.1, -0.05) is 13.8 Å². The van der Waals surface area contributed by atoms with Crippen LogP contribution in [0.25, 0.3) is 0 Å². The molecule has 0 atom stereocenters. The highest BCUT2D eigenvalue weighted by molar-refractivity contribution is 5.97. The third kappa shape index (κ3) is 6.75. The van der Waals surface area contributed by atoms with Gasteiger partial charge in [0.2, 0.25) is 0 Å². The van der Waals surface area contributed by atoms with Crippen LogP contribution in [0.3, 0.4) is 0 Å². The van der Waals surface area contributed by atoms with E-state index in [1.54, 1.807) is 11.8 Å². The van der Waals surface area contributed by atoms with Crippen LogP contribution >= 0.6 is 0 Å². The number of likely N-dealkylation sites (N-methyl/N-ethyl adjacent to an activating group) is 1. The minimum Gasteiger partial charge on any atom is -0.466 e. The third-order valence-corrected chi connectivity index (χ3v) is 4.47. The monoisotopic (exact) mass is 350 g/mol. The van der Waals surface area contributed by atoms with Crippen LogP contribution in [0.4, 0.5) is 0 Å². The Balaban J connectivity index is 2.47. The Kier molecular flexibility index (Phi) is 9.63. The highest BCUT2D eigenvalue weighted by Crippen LogP contribution is 2.19. The number of ether oxygens (including phenoxy) is 1. The largest absolute Gasteiger partial charge is 0.466 e. The first-order valence-corrected chi connectivity index (χ1v) is 9.09. The first kappa shape index (κ1) is 21.0. The van der Waals surface area contributed by atoms with Crippen molar-refractivity contribution in [1.82, 2.24) is 15.1 Å². The van der Waals surface area contributed by atoms with Gasteiger partial charge in [-0.05, 0) is 32.9 Å². The van der Waals surface area contributed by atoms with Gasteiger partial charge in [-0.25, -0.2) is 0 Å². The zero-order chi connectivity index (χ0) is 18.7. The smallest absolute Gasteiger partial charge is 0.309 e. The van der Waals surface area contributed by atoms with Gasteiger partial charge in [0, 0.05) is 32.4 Å². The number of nitrogens with one attached hydrogen (secondary N) is 1. The number of piperidine rings is 1. The van der Waals surface area contributed by atoms with E-state index in [9.17, 15) is 14.9 Å². The summed E-state index contributed by atoms with van der Waals surface area (Å²) in [5.41, 5.74) is 0.106. The number of hydrogen-bond acceptors (Lipinski definition) is 6. The fourth-order valence-electron chi connectivity index (χ4n) is 2.83. The molecule has 0 bridgehead atoms. The minimum absolute atomic E-state index is 0.106. The molecule has 1 fully saturated rings. The lowest BCUT2D eigenvalue weighted by Gasteiger charge is -2.30. The lowest BCUT2D eigenvalue weighted by Crippen LogP contribution is -2.41. The quantitative estimate of drug-likeness (QED) is 0.290. The maximum absolute atomic E-state index is 12.4. The second-order valence-corrected chi connectivity index (χ2v) is 5.97. The Morgan fingerprint density at radius 1 is 1.28 bits per heavy atom. The maximum atomic E-state index is 12.4. The number of amides is 1. The van der Waals surface area contributed by atoms with Crippen LogP contribution in [0.15, 0.2) is 11.8 Å².